The van der Waals surface area contributed by atoms with Gasteiger partial charge in [-0.15, -0.1) is 0 Å². The van der Waals surface area contributed by atoms with Crippen LogP contribution in [0, 0.1) is 13.8 Å². The predicted octanol–water partition coefficient (Wildman–Crippen LogP) is 10.2. The zero-order chi connectivity index (χ0) is 28.7. The van der Waals surface area contributed by atoms with Gasteiger partial charge in [-0.25, -0.2) is 0 Å². The van der Waals surface area contributed by atoms with Gasteiger partial charge in [0.1, 0.15) is 0 Å². The van der Waals surface area contributed by atoms with Crippen molar-refractivity contribution in [1.82, 2.24) is 0 Å². The molecule has 0 aliphatic heterocycles. The maximum Gasteiger partial charge on any atom is 0.0714 e. The van der Waals surface area contributed by atoms with Crippen LogP contribution in [0.25, 0.3) is 33.4 Å². The first-order chi connectivity index (χ1) is 21.1. The summed E-state index contributed by atoms with van der Waals surface area (Å²) in [7, 11) is 0. The van der Waals surface area contributed by atoms with Crippen molar-refractivity contribution >= 4 is 0 Å². The van der Waals surface area contributed by atoms with Gasteiger partial charge in [0.25, 0.3) is 0 Å². The quantitative estimate of drug-likeness (QED) is 0.204. The molecule has 0 aromatic heterocycles. The van der Waals surface area contributed by atoms with Crippen LogP contribution in [0.1, 0.15) is 55.6 Å². The highest BCUT2D eigenvalue weighted by Gasteiger charge is 2.46. The van der Waals surface area contributed by atoms with Crippen LogP contribution < -0.4 is 0 Å². The molecule has 0 amide bonds. The van der Waals surface area contributed by atoms with Crippen molar-refractivity contribution in [3.63, 3.8) is 0 Å². The van der Waals surface area contributed by atoms with Crippen molar-refractivity contribution in [2.75, 3.05) is 0 Å². The minimum Gasteiger partial charge on any atom is -0.0613 e. The molecule has 6 aromatic rings. The zero-order valence-electron chi connectivity index (χ0n) is 24.9. The maximum absolute atomic E-state index is 2.47. The van der Waals surface area contributed by atoms with Crippen LogP contribution in [0.15, 0.2) is 121 Å². The molecule has 43 heavy (non-hydrogen) atoms. The number of rotatable bonds is 4. The fourth-order valence-electron chi connectivity index (χ4n) is 7.95. The number of fused-ring (bicyclic) bond motifs is 5. The number of hydrogen-bond donors (Lipinski definition) is 0. The van der Waals surface area contributed by atoms with E-state index in [0.29, 0.717) is 0 Å². The number of aryl methyl sites for hydroxylation is 6. The summed E-state index contributed by atoms with van der Waals surface area (Å²) in [5.41, 5.74) is 21.5. The van der Waals surface area contributed by atoms with Gasteiger partial charge in [0.05, 0.1) is 5.41 Å². The standard InChI is InChI=1S/C43H34/c1-27-9-19-39-40-20-10-28(2)22-42(40)43(41(39)21-27,37-7-3-5-31(25-37)35-17-13-29-11-15-33(29)23-35)38-8-4-6-32(26-38)36-18-14-30-12-16-34(30)24-36/h3-10,13-14,17-26H,11-12,15-16H2,1-2H3. The molecule has 0 bridgehead atoms. The maximum atomic E-state index is 2.47. The minimum absolute atomic E-state index is 0.422. The van der Waals surface area contributed by atoms with Crippen molar-refractivity contribution in [1.29, 1.82) is 0 Å². The molecule has 0 N–H and O–H groups in total. The molecule has 0 saturated heterocycles. The van der Waals surface area contributed by atoms with E-state index in [9.17, 15) is 0 Å². The van der Waals surface area contributed by atoms with Gasteiger partial charge in [-0.1, -0.05) is 120 Å². The first-order valence-electron chi connectivity index (χ1n) is 15.8. The molecule has 0 nitrogen and oxygen atoms in total. The zero-order valence-corrected chi connectivity index (χ0v) is 24.9. The largest absolute Gasteiger partial charge is 0.0714 e. The molecule has 3 aliphatic rings. The average molecular weight is 551 g/mol. The third-order valence-electron chi connectivity index (χ3n) is 10.4. The molecule has 0 spiro atoms. The van der Waals surface area contributed by atoms with Gasteiger partial charge in [0.15, 0.2) is 0 Å². The second kappa shape index (κ2) is 9.16. The van der Waals surface area contributed by atoms with E-state index in [1.807, 2.05) is 0 Å². The van der Waals surface area contributed by atoms with E-state index in [-0.39, 0.29) is 0 Å². The molecule has 206 valence electrons. The Hall–Kier alpha value is -4.68. The molecule has 0 atom stereocenters. The predicted molar refractivity (Wildman–Crippen MR) is 179 cm³/mol. The molecule has 6 aromatic carbocycles. The van der Waals surface area contributed by atoms with Crippen molar-refractivity contribution in [2.24, 2.45) is 0 Å². The Bertz CT molecular complexity index is 1950. The van der Waals surface area contributed by atoms with E-state index in [1.165, 1.54) is 115 Å². The summed E-state index contributed by atoms with van der Waals surface area (Å²) in [5, 5.41) is 0. The molecule has 0 saturated carbocycles. The Morgan fingerprint density at radius 3 is 1.26 bits per heavy atom. The Kier molecular flexibility index (Phi) is 5.30. The summed E-state index contributed by atoms with van der Waals surface area (Å²) in [6.07, 6.45) is 4.82. The number of hydrogen-bond acceptors (Lipinski definition) is 0. The third-order valence-corrected chi connectivity index (χ3v) is 10.4. The van der Waals surface area contributed by atoms with E-state index in [1.54, 1.807) is 0 Å². The molecule has 0 radical (unpaired) electrons. The molecule has 0 fully saturated rings. The van der Waals surface area contributed by atoms with Crippen LogP contribution >= 0.6 is 0 Å². The Morgan fingerprint density at radius 2 is 0.837 bits per heavy atom. The van der Waals surface area contributed by atoms with Gasteiger partial charge in [-0.05, 0) is 130 Å². The summed E-state index contributed by atoms with van der Waals surface area (Å²) in [5.74, 6) is 0. The van der Waals surface area contributed by atoms with E-state index in [2.05, 4.69) is 135 Å². The van der Waals surface area contributed by atoms with Gasteiger partial charge in [0, 0.05) is 0 Å². The molecule has 9 rings (SSSR count). The molecule has 0 heteroatoms. The van der Waals surface area contributed by atoms with Crippen LogP contribution in [0.2, 0.25) is 0 Å². The van der Waals surface area contributed by atoms with Crippen LogP contribution in [0.5, 0.6) is 0 Å². The van der Waals surface area contributed by atoms with Gasteiger partial charge < -0.3 is 0 Å². The van der Waals surface area contributed by atoms with Gasteiger partial charge in [0.2, 0.25) is 0 Å². The molecule has 3 aliphatic carbocycles. The highest BCUT2D eigenvalue weighted by Crippen LogP contribution is 2.57. The van der Waals surface area contributed by atoms with Crippen molar-refractivity contribution < 1.29 is 0 Å². The summed E-state index contributed by atoms with van der Waals surface area (Å²) in [6.45, 7) is 4.46. The first-order valence-corrected chi connectivity index (χ1v) is 15.8. The topological polar surface area (TPSA) is 0 Å². The highest BCUT2D eigenvalue weighted by molar-refractivity contribution is 5.88. The lowest BCUT2D eigenvalue weighted by Gasteiger charge is -2.35. The summed E-state index contributed by atoms with van der Waals surface area (Å²) < 4.78 is 0. The van der Waals surface area contributed by atoms with Gasteiger partial charge in [-0.3, -0.25) is 0 Å². The fourth-order valence-corrected chi connectivity index (χ4v) is 7.95. The lowest BCUT2D eigenvalue weighted by molar-refractivity contribution is 0.767. The highest BCUT2D eigenvalue weighted by atomic mass is 14.5. The second-order valence-corrected chi connectivity index (χ2v) is 13.0. The number of benzene rings is 6. The Morgan fingerprint density at radius 1 is 0.395 bits per heavy atom. The SMILES string of the molecule is Cc1ccc2c(c1)C(c1cccc(-c3ccc4c(c3)CC4)c1)(c1cccc(-c3ccc4c(c3)CC4)c1)c1cc(C)ccc1-2. The smallest absolute Gasteiger partial charge is 0.0613 e. The minimum atomic E-state index is -0.422. The van der Waals surface area contributed by atoms with Crippen LogP contribution in [-0.4, -0.2) is 0 Å². The average Bonchev–Trinajstić information content (AvgIpc) is 3.28. The molecular weight excluding hydrogens is 516 g/mol. The summed E-state index contributed by atoms with van der Waals surface area (Å²) in [4.78, 5) is 0. The first kappa shape index (κ1) is 24.9. The lowest BCUT2D eigenvalue weighted by Crippen LogP contribution is -2.29. The lowest BCUT2D eigenvalue weighted by atomic mass is 9.66. The summed E-state index contributed by atoms with van der Waals surface area (Å²) >= 11 is 0. The second-order valence-electron chi connectivity index (χ2n) is 13.0. The third kappa shape index (κ3) is 3.63. The van der Waals surface area contributed by atoms with E-state index >= 15 is 0 Å². The molecular formula is C43H34. The molecule has 0 unspecified atom stereocenters. The van der Waals surface area contributed by atoms with E-state index in [4.69, 9.17) is 0 Å². The van der Waals surface area contributed by atoms with Crippen LogP contribution in [0.4, 0.5) is 0 Å². The van der Waals surface area contributed by atoms with E-state index < -0.39 is 5.41 Å². The van der Waals surface area contributed by atoms with Crippen molar-refractivity contribution in [3.8, 4) is 33.4 Å². The van der Waals surface area contributed by atoms with Crippen LogP contribution in [0.3, 0.4) is 0 Å². The van der Waals surface area contributed by atoms with E-state index in [0.717, 1.165) is 0 Å². The Balaban J connectivity index is 1.33. The normalized spacial score (nSPS) is 15.0. The molecule has 0 heterocycles. The fraction of sp³-hybridized carbons (Fsp3) is 0.163. The Labute approximate surface area is 254 Å². The van der Waals surface area contributed by atoms with Gasteiger partial charge in [-0.2, -0.15) is 0 Å². The van der Waals surface area contributed by atoms with Crippen molar-refractivity contribution in [2.45, 2.75) is 44.9 Å². The van der Waals surface area contributed by atoms with Crippen molar-refractivity contribution in [3.05, 3.63) is 177 Å². The monoisotopic (exact) mass is 550 g/mol. The van der Waals surface area contributed by atoms with Crippen LogP contribution in [-0.2, 0) is 31.1 Å². The van der Waals surface area contributed by atoms with Gasteiger partial charge >= 0.3 is 0 Å². The summed E-state index contributed by atoms with van der Waals surface area (Å²) in [6, 6.07) is 47.1.